The Kier molecular flexibility index (Phi) is 4.05. The Bertz CT molecular complexity index is 761. The highest BCUT2D eigenvalue weighted by atomic mass is 35.5. The zero-order valence-electron chi connectivity index (χ0n) is 11.4. The summed E-state index contributed by atoms with van der Waals surface area (Å²) in [4.78, 5) is 13.4. The van der Waals surface area contributed by atoms with Crippen molar-refractivity contribution in [3.05, 3.63) is 52.1 Å². The molecule has 2 aromatic heterocycles. The molecule has 0 fully saturated rings. The predicted octanol–water partition coefficient (Wildman–Crippen LogP) is 3.63. The number of fused-ring (bicyclic) bond motifs is 1. The summed E-state index contributed by atoms with van der Waals surface area (Å²) in [6, 6.07) is 9.81. The Morgan fingerprint density at radius 3 is 3.00 bits per heavy atom. The van der Waals surface area contributed by atoms with E-state index in [2.05, 4.69) is 5.10 Å². The van der Waals surface area contributed by atoms with E-state index in [-0.39, 0.29) is 5.78 Å². The van der Waals surface area contributed by atoms with Gasteiger partial charge < -0.3 is 4.74 Å². The number of rotatable bonds is 5. The third-order valence-electron chi connectivity index (χ3n) is 3.17. The molecule has 0 aliphatic carbocycles. The number of ether oxygens (including phenoxy) is 1. The fourth-order valence-electron chi connectivity index (χ4n) is 2.15. The molecule has 0 unspecified atom stereocenters. The molecule has 1 aromatic carbocycles. The van der Waals surface area contributed by atoms with Crippen molar-refractivity contribution in [1.29, 1.82) is 0 Å². The number of methoxy groups -OCH3 is 1. The highest BCUT2D eigenvalue weighted by molar-refractivity contribution is 7.21. The molecule has 21 heavy (non-hydrogen) atoms. The van der Waals surface area contributed by atoms with E-state index in [0.717, 1.165) is 10.1 Å². The van der Waals surface area contributed by atoms with Gasteiger partial charge in [-0.25, -0.2) is 0 Å². The van der Waals surface area contributed by atoms with E-state index < -0.39 is 0 Å². The van der Waals surface area contributed by atoms with E-state index in [9.17, 15) is 4.79 Å². The minimum absolute atomic E-state index is 0.102. The van der Waals surface area contributed by atoms with Gasteiger partial charge in [-0.05, 0) is 17.5 Å². The predicted molar refractivity (Wildman–Crippen MR) is 84.4 cm³/mol. The Morgan fingerprint density at radius 1 is 1.43 bits per heavy atom. The molecule has 0 spiro atoms. The molecule has 0 saturated carbocycles. The lowest BCUT2D eigenvalue weighted by Crippen LogP contribution is -2.14. The maximum absolute atomic E-state index is 12.7. The molecule has 4 nitrogen and oxygen atoms in total. The number of carbonyl (C=O) groups is 1. The number of carbonyl (C=O) groups excluding carboxylic acids is 1. The van der Waals surface area contributed by atoms with E-state index in [4.69, 9.17) is 16.3 Å². The van der Waals surface area contributed by atoms with E-state index in [1.165, 1.54) is 17.5 Å². The van der Waals surface area contributed by atoms with E-state index in [1.54, 1.807) is 11.8 Å². The zero-order chi connectivity index (χ0) is 14.8. The van der Waals surface area contributed by atoms with Crippen molar-refractivity contribution in [3.8, 4) is 0 Å². The molecule has 6 heteroatoms. The van der Waals surface area contributed by atoms with Crippen LogP contribution in [0.25, 0.3) is 10.1 Å². The second kappa shape index (κ2) is 5.97. The molecule has 0 atom stereocenters. The molecule has 108 valence electrons. The van der Waals surface area contributed by atoms with Gasteiger partial charge in [-0.15, -0.1) is 11.3 Å². The lowest BCUT2D eigenvalue weighted by molar-refractivity contribution is 0.102. The quantitative estimate of drug-likeness (QED) is 0.674. The summed E-state index contributed by atoms with van der Waals surface area (Å²) in [5.74, 6) is -0.102. The van der Waals surface area contributed by atoms with Crippen LogP contribution in [0.2, 0.25) is 5.02 Å². The topological polar surface area (TPSA) is 44.1 Å². The van der Waals surface area contributed by atoms with Gasteiger partial charge >= 0.3 is 0 Å². The summed E-state index contributed by atoms with van der Waals surface area (Å²) in [5, 5.41) is 5.57. The van der Waals surface area contributed by atoms with Crippen molar-refractivity contribution in [2.45, 2.75) is 6.54 Å². The first-order chi connectivity index (χ1) is 10.2. The van der Waals surface area contributed by atoms with Crippen LogP contribution in [-0.2, 0) is 11.3 Å². The number of nitrogens with zero attached hydrogens (tertiary/aromatic N) is 2. The highest BCUT2D eigenvalue weighted by Crippen LogP contribution is 2.29. The molecule has 3 aromatic rings. The number of halogens is 1. The van der Waals surface area contributed by atoms with Crippen LogP contribution < -0.4 is 0 Å². The minimum atomic E-state index is -0.102. The van der Waals surface area contributed by atoms with E-state index >= 15 is 0 Å². The number of ketones is 1. The van der Waals surface area contributed by atoms with Crippen LogP contribution in [0.5, 0.6) is 0 Å². The van der Waals surface area contributed by atoms with Gasteiger partial charge in [0.1, 0.15) is 5.69 Å². The van der Waals surface area contributed by atoms with Crippen LogP contribution in [0.3, 0.4) is 0 Å². The normalized spacial score (nSPS) is 11.1. The largest absolute Gasteiger partial charge is 0.383 e. The Balaban J connectivity index is 1.99. The Morgan fingerprint density at radius 2 is 2.24 bits per heavy atom. The summed E-state index contributed by atoms with van der Waals surface area (Å²) in [7, 11) is 1.61. The molecule has 0 N–H and O–H groups in total. The third kappa shape index (κ3) is 2.72. The maximum Gasteiger partial charge on any atom is 0.222 e. The first kappa shape index (κ1) is 14.3. The molecule has 0 radical (unpaired) electrons. The molecule has 0 bridgehead atoms. The van der Waals surface area contributed by atoms with Gasteiger partial charge in [-0.3, -0.25) is 9.48 Å². The van der Waals surface area contributed by atoms with Gasteiger partial charge in [0, 0.05) is 11.8 Å². The van der Waals surface area contributed by atoms with Crippen LogP contribution in [0.1, 0.15) is 15.4 Å². The molecule has 3 rings (SSSR count). The van der Waals surface area contributed by atoms with Crippen molar-refractivity contribution in [2.75, 3.05) is 13.7 Å². The molecule has 0 aliphatic rings. The van der Waals surface area contributed by atoms with Gasteiger partial charge in [0.05, 0.1) is 29.2 Å². The number of hydrogen-bond donors (Lipinski definition) is 0. The Hall–Kier alpha value is -1.69. The lowest BCUT2D eigenvalue weighted by atomic mass is 10.2. The highest BCUT2D eigenvalue weighted by Gasteiger charge is 2.21. The van der Waals surface area contributed by atoms with Crippen molar-refractivity contribution in [1.82, 2.24) is 9.78 Å². The zero-order valence-corrected chi connectivity index (χ0v) is 12.9. The fraction of sp³-hybridized carbons (Fsp3) is 0.200. The number of benzene rings is 1. The summed E-state index contributed by atoms with van der Waals surface area (Å²) < 4.78 is 7.71. The van der Waals surface area contributed by atoms with E-state index in [1.807, 2.05) is 30.3 Å². The molecular weight excluding hydrogens is 308 g/mol. The Labute approximate surface area is 130 Å². The number of thiophene rings is 1. The van der Waals surface area contributed by atoms with Gasteiger partial charge in [0.2, 0.25) is 5.78 Å². The second-order valence-corrected chi connectivity index (χ2v) is 6.03. The van der Waals surface area contributed by atoms with Gasteiger partial charge in [-0.1, -0.05) is 29.8 Å². The average molecular weight is 321 g/mol. The van der Waals surface area contributed by atoms with Crippen LogP contribution in [-0.4, -0.2) is 29.3 Å². The monoisotopic (exact) mass is 320 g/mol. The number of hydrogen-bond acceptors (Lipinski definition) is 4. The van der Waals surface area contributed by atoms with Gasteiger partial charge in [-0.2, -0.15) is 5.10 Å². The molecule has 0 aliphatic heterocycles. The van der Waals surface area contributed by atoms with Crippen LogP contribution in [0, 0.1) is 0 Å². The van der Waals surface area contributed by atoms with Crippen molar-refractivity contribution in [2.24, 2.45) is 0 Å². The second-order valence-electron chi connectivity index (χ2n) is 4.53. The smallest absolute Gasteiger partial charge is 0.222 e. The standard InChI is InChI=1S/C15H13ClN2O2S/c1-20-7-6-18-14(11(16)9-17-18)15(19)13-8-10-4-2-3-5-12(10)21-13/h2-5,8-9H,6-7H2,1H3. The fourth-order valence-corrected chi connectivity index (χ4v) is 3.38. The van der Waals surface area contributed by atoms with Crippen molar-refractivity contribution in [3.63, 3.8) is 0 Å². The summed E-state index contributed by atoms with van der Waals surface area (Å²) in [5.41, 5.74) is 0.417. The summed E-state index contributed by atoms with van der Waals surface area (Å²) >= 11 is 7.59. The van der Waals surface area contributed by atoms with Crippen molar-refractivity contribution >= 4 is 38.8 Å². The van der Waals surface area contributed by atoms with Gasteiger partial charge in [0.15, 0.2) is 0 Å². The first-order valence-corrected chi connectivity index (χ1v) is 7.63. The van der Waals surface area contributed by atoms with Crippen LogP contribution in [0.4, 0.5) is 0 Å². The van der Waals surface area contributed by atoms with Gasteiger partial charge in [0.25, 0.3) is 0 Å². The molecule has 0 amide bonds. The third-order valence-corrected chi connectivity index (χ3v) is 4.56. The molecule has 2 heterocycles. The van der Waals surface area contributed by atoms with Crippen molar-refractivity contribution < 1.29 is 9.53 Å². The SMILES string of the molecule is COCCn1ncc(Cl)c1C(=O)c1cc2ccccc2s1. The summed E-state index contributed by atoms with van der Waals surface area (Å²) in [6.45, 7) is 0.972. The lowest BCUT2D eigenvalue weighted by Gasteiger charge is -2.05. The van der Waals surface area contributed by atoms with Crippen LogP contribution in [0.15, 0.2) is 36.5 Å². The summed E-state index contributed by atoms with van der Waals surface area (Å²) in [6.07, 6.45) is 1.50. The average Bonchev–Trinajstić information content (AvgIpc) is 3.08. The van der Waals surface area contributed by atoms with Crippen LogP contribution >= 0.6 is 22.9 Å². The first-order valence-electron chi connectivity index (χ1n) is 6.44. The molecule has 0 saturated heterocycles. The minimum Gasteiger partial charge on any atom is -0.383 e. The van der Waals surface area contributed by atoms with E-state index in [0.29, 0.717) is 28.7 Å². The number of aromatic nitrogens is 2. The molecular formula is C15H13ClN2O2S. The maximum atomic E-state index is 12.7.